The fraction of sp³-hybridized carbons (Fsp3) is 1.00. The number of rotatable bonds is 3. The predicted octanol–water partition coefficient (Wildman–Crippen LogP) is -0.967. The van der Waals surface area contributed by atoms with Crippen molar-refractivity contribution in [2.24, 2.45) is 0 Å². The molecule has 0 heterocycles. The van der Waals surface area contributed by atoms with Gasteiger partial charge in [0, 0.05) is 6.92 Å². The summed E-state index contributed by atoms with van der Waals surface area (Å²) in [6.07, 6.45) is 0. The molecule has 0 amide bonds. The largest absolute Gasteiger partial charge is 0.401 e. The third-order valence-electron chi connectivity index (χ3n) is 1.09. The van der Waals surface area contributed by atoms with Crippen LogP contribution in [-0.4, -0.2) is 43.0 Å². The van der Waals surface area contributed by atoms with Crippen molar-refractivity contribution in [2.75, 3.05) is 14.1 Å². The first-order valence-electron chi connectivity index (χ1n) is 2.73. The molecule has 68 valence electrons. The molecular weight excluding hydrogens is 174 g/mol. The summed E-state index contributed by atoms with van der Waals surface area (Å²) in [6.45, 7) is 1.08. The SMILES string of the molecule is CN(C)C(C)(O)OS(=O)(=O)O. The second kappa shape index (κ2) is 3.03. The van der Waals surface area contributed by atoms with Crippen molar-refractivity contribution in [2.45, 2.75) is 12.8 Å². The molecule has 0 radical (unpaired) electrons. The highest BCUT2D eigenvalue weighted by Crippen LogP contribution is 2.10. The standard InChI is InChI=1S/C4H11NO5S/c1-4(6,5(2)3)10-11(7,8)9/h6H,1-3H3,(H,7,8,9). The summed E-state index contributed by atoms with van der Waals surface area (Å²) in [5.74, 6) is -2.02. The molecule has 0 bridgehead atoms. The normalized spacial score (nSPS) is 18.4. The molecular formula is C4H11NO5S. The maximum atomic E-state index is 10.1. The van der Waals surface area contributed by atoms with Crippen LogP contribution in [0.1, 0.15) is 6.92 Å². The van der Waals surface area contributed by atoms with Gasteiger partial charge < -0.3 is 5.11 Å². The number of hydrogen-bond acceptors (Lipinski definition) is 5. The minimum atomic E-state index is -4.62. The van der Waals surface area contributed by atoms with Gasteiger partial charge in [0.2, 0.25) is 5.91 Å². The van der Waals surface area contributed by atoms with Gasteiger partial charge in [-0.25, -0.2) is 0 Å². The van der Waals surface area contributed by atoms with E-state index in [0.717, 1.165) is 11.8 Å². The Kier molecular flexibility index (Phi) is 2.98. The van der Waals surface area contributed by atoms with Crippen LogP contribution in [0, 0.1) is 0 Å². The Morgan fingerprint density at radius 2 is 1.82 bits per heavy atom. The summed E-state index contributed by atoms with van der Waals surface area (Å²) in [5.41, 5.74) is 0. The molecule has 0 saturated heterocycles. The van der Waals surface area contributed by atoms with Gasteiger partial charge in [-0.3, -0.25) is 9.45 Å². The van der Waals surface area contributed by atoms with Gasteiger partial charge >= 0.3 is 10.4 Å². The van der Waals surface area contributed by atoms with Gasteiger partial charge in [0.1, 0.15) is 0 Å². The van der Waals surface area contributed by atoms with Gasteiger partial charge in [-0.05, 0) is 14.1 Å². The van der Waals surface area contributed by atoms with Crippen LogP contribution in [0.25, 0.3) is 0 Å². The lowest BCUT2D eigenvalue weighted by molar-refractivity contribution is -0.213. The van der Waals surface area contributed by atoms with E-state index in [0.29, 0.717) is 0 Å². The van der Waals surface area contributed by atoms with Crippen LogP contribution in [0.5, 0.6) is 0 Å². The minimum Gasteiger partial charge on any atom is -0.352 e. The molecule has 0 aliphatic carbocycles. The van der Waals surface area contributed by atoms with E-state index in [1.165, 1.54) is 14.1 Å². The third kappa shape index (κ3) is 4.27. The molecule has 0 aliphatic rings. The van der Waals surface area contributed by atoms with Crippen molar-refractivity contribution in [1.29, 1.82) is 0 Å². The second-order valence-electron chi connectivity index (χ2n) is 2.34. The Morgan fingerprint density at radius 1 is 1.45 bits per heavy atom. The van der Waals surface area contributed by atoms with Crippen molar-refractivity contribution in [3.8, 4) is 0 Å². The Bertz CT molecular complexity index is 219. The zero-order valence-electron chi connectivity index (χ0n) is 6.47. The molecule has 0 rings (SSSR count). The smallest absolute Gasteiger partial charge is 0.352 e. The summed E-state index contributed by atoms with van der Waals surface area (Å²) >= 11 is 0. The predicted molar refractivity (Wildman–Crippen MR) is 36.9 cm³/mol. The van der Waals surface area contributed by atoms with Crippen LogP contribution in [-0.2, 0) is 14.6 Å². The van der Waals surface area contributed by atoms with Crippen LogP contribution in [0.3, 0.4) is 0 Å². The lowest BCUT2D eigenvalue weighted by atomic mass is 10.5. The van der Waals surface area contributed by atoms with Crippen molar-refractivity contribution >= 4 is 10.4 Å². The van der Waals surface area contributed by atoms with Crippen molar-refractivity contribution in [3.63, 3.8) is 0 Å². The highest BCUT2D eigenvalue weighted by Gasteiger charge is 2.30. The Balaban J connectivity index is 4.38. The van der Waals surface area contributed by atoms with Crippen LogP contribution < -0.4 is 0 Å². The maximum absolute atomic E-state index is 10.1. The first kappa shape index (κ1) is 10.8. The van der Waals surface area contributed by atoms with Crippen molar-refractivity contribution < 1.29 is 22.3 Å². The average Bonchev–Trinajstić information content (AvgIpc) is 1.56. The molecule has 0 aliphatic heterocycles. The van der Waals surface area contributed by atoms with Gasteiger partial charge in [-0.15, -0.1) is 0 Å². The average molecular weight is 185 g/mol. The van der Waals surface area contributed by atoms with Gasteiger partial charge in [-0.1, -0.05) is 0 Å². The lowest BCUT2D eigenvalue weighted by Gasteiger charge is -2.27. The lowest BCUT2D eigenvalue weighted by Crippen LogP contribution is -2.45. The second-order valence-corrected chi connectivity index (χ2v) is 3.36. The Hall–Kier alpha value is -0.210. The molecule has 0 fully saturated rings. The Morgan fingerprint density at radius 3 is 1.91 bits per heavy atom. The summed E-state index contributed by atoms with van der Waals surface area (Å²) in [4.78, 5) is 1.08. The molecule has 1 atom stereocenters. The van der Waals surface area contributed by atoms with Gasteiger partial charge in [-0.2, -0.15) is 12.6 Å². The van der Waals surface area contributed by atoms with E-state index in [4.69, 9.17) is 9.66 Å². The minimum absolute atomic E-state index is 1.08. The molecule has 0 aromatic heterocycles. The molecule has 0 aromatic rings. The maximum Gasteiger partial charge on any atom is 0.401 e. The summed E-state index contributed by atoms with van der Waals surface area (Å²) < 4.78 is 32.3. The number of nitrogens with zero attached hydrogens (tertiary/aromatic N) is 1. The topological polar surface area (TPSA) is 87.1 Å². The van der Waals surface area contributed by atoms with Crippen LogP contribution in [0.15, 0.2) is 0 Å². The molecule has 7 heteroatoms. The number of hydrogen-bond donors (Lipinski definition) is 2. The molecule has 0 spiro atoms. The third-order valence-corrected chi connectivity index (χ3v) is 1.62. The van der Waals surface area contributed by atoms with E-state index in [-0.39, 0.29) is 0 Å². The molecule has 11 heavy (non-hydrogen) atoms. The molecule has 0 aromatic carbocycles. The highest BCUT2D eigenvalue weighted by atomic mass is 32.3. The van der Waals surface area contributed by atoms with E-state index >= 15 is 0 Å². The van der Waals surface area contributed by atoms with E-state index in [9.17, 15) is 8.42 Å². The van der Waals surface area contributed by atoms with Crippen LogP contribution in [0.2, 0.25) is 0 Å². The van der Waals surface area contributed by atoms with Crippen LogP contribution in [0.4, 0.5) is 0 Å². The van der Waals surface area contributed by atoms with Crippen molar-refractivity contribution in [1.82, 2.24) is 4.90 Å². The molecule has 2 N–H and O–H groups in total. The zero-order valence-corrected chi connectivity index (χ0v) is 7.29. The van der Waals surface area contributed by atoms with Gasteiger partial charge in [0.25, 0.3) is 0 Å². The quantitative estimate of drug-likeness (QED) is 0.434. The molecule has 6 nitrogen and oxygen atoms in total. The highest BCUT2D eigenvalue weighted by molar-refractivity contribution is 7.80. The Labute approximate surface area is 65.3 Å². The zero-order chi connectivity index (χ0) is 9.28. The summed E-state index contributed by atoms with van der Waals surface area (Å²) in [6, 6.07) is 0. The van der Waals surface area contributed by atoms with Gasteiger partial charge in [0.05, 0.1) is 0 Å². The van der Waals surface area contributed by atoms with Crippen molar-refractivity contribution in [3.05, 3.63) is 0 Å². The monoisotopic (exact) mass is 185 g/mol. The number of aliphatic hydroxyl groups is 1. The fourth-order valence-electron chi connectivity index (χ4n) is 0.274. The van der Waals surface area contributed by atoms with E-state index in [2.05, 4.69) is 4.18 Å². The summed E-state index contributed by atoms with van der Waals surface area (Å²) in [7, 11) is -1.83. The van der Waals surface area contributed by atoms with Crippen LogP contribution >= 0.6 is 0 Å². The first-order chi connectivity index (χ1) is 4.65. The van der Waals surface area contributed by atoms with E-state index in [1.54, 1.807) is 0 Å². The van der Waals surface area contributed by atoms with E-state index < -0.39 is 16.3 Å². The fourth-order valence-corrected chi connectivity index (χ4v) is 0.822. The van der Waals surface area contributed by atoms with E-state index in [1.807, 2.05) is 0 Å². The first-order valence-corrected chi connectivity index (χ1v) is 4.09. The molecule has 0 saturated carbocycles. The summed E-state index contributed by atoms with van der Waals surface area (Å²) in [5, 5.41) is 9.09. The molecule has 1 unspecified atom stereocenters. The van der Waals surface area contributed by atoms with Gasteiger partial charge in [0.15, 0.2) is 0 Å².